The van der Waals surface area contributed by atoms with E-state index in [0.717, 1.165) is 0 Å². The molecule has 3 aliphatic rings. The first-order valence-electron chi connectivity index (χ1n) is 14.2. The second kappa shape index (κ2) is 13.3. The summed E-state index contributed by atoms with van der Waals surface area (Å²) in [5.41, 5.74) is -0.782. The number of Topliss-reactive ketones (excluding diaryl/α,β-unsaturated/α-hetero) is 2. The number of rotatable bonds is 10. The molecule has 4 rings (SSSR count). The highest BCUT2D eigenvalue weighted by atomic mass is 16.4. The van der Waals surface area contributed by atoms with E-state index in [1.807, 2.05) is 0 Å². The van der Waals surface area contributed by atoms with Crippen molar-refractivity contribution in [1.29, 1.82) is 10.8 Å². The van der Waals surface area contributed by atoms with Gasteiger partial charge in [0.1, 0.15) is 28.9 Å². The molecule has 16 heteroatoms. The van der Waals surface area contributed by atoms with Crippen molar-refractivity contribution in [2.45, 2.75) is 55.9 Å². The number of amides is 1. The molecular formula is C29H38N6O10. The van der Waals surface area contributed by atoms with Crippen molar-refractivity contribution >= 4 is 23.4 Å². The SMILES string of the molecule is CN(C)[C@@H]1C(O)=C(C(=O)NCN[C@@H](CCCCN)C(=O)O)C(=O)[C@@]2(O)C(O)=C3C(=O)c4c(O)cccc4[C@@](C)(O)[C@H]3C[C@H]12.N#N. The number of aromatic hydroxyl groups is 1. The molecule has 0 fully saturated rings. The fraction of sp³-hybridized carbons (Fsp3) is 0.517. The molecule has 3 aliphatic carbocycles. The molecule has 10 N–H and O–H groups in total. The maximum atomic E-state index is 13.9. The van der Waals surface area contributed by atoms with Crippen molar-refractivity contribution < 1.29 is 49.8 Å². The molecule has 45 heavy (non-hydrogen) atoms. The van der Waals surface area contributed by atoms with Crippen LogP contribution in [0.1, 0.15) is 48.5 Å². The number of benzene rings is 1. The van der Waals surface area contributed by atoms with Crippen LogP contribution in [0.2, 0.25) is 0 Å². The number of carbonyl (C=O) groups excluding carboxylic acids is 3. The number of hydrogen-bond donors (Lipinski definition) is 9. The highest BCUT2D eigenvalue weighted by Crippen LogP contribution is 2.56. The molecule has 1 amide bonds. The molecule has 0 heterocycles. The fourth-order valence-corrected chi connectivity index (χ4v) is 6.64. The minimum absolute atomic E-state index is 0.100. The van der Waals surface area contributed by atoms with Gasteiger partial charge in [-0.1, -0.05) is 18.6 Å². The molecule has 0 aromatic heterocycles. The number of aliphatic carboxylic acids is 1. The van der Waals surface area contributed by atoms with Gasteiger partial charge in [-0.25, -0.2) is 0 Å². The summed E-state index contributed by atoms with van der Waals surface area (Å²) < 4.78 is 0. The van der Waals surface area contributed by atoms with E-state index in [0.29, 0.717) is 19.4 Å². The second-order valence-corrected chi connectivity index (χ2v) is 11.7. The van der Waals surface area contributed by atoms with Crippen molar-refractivity contribution in [2.24, 2.45) is 17.6 Å². The van der Waals surface area contributed by atoms with Crippen LogP contribution >= 0.6 is 0 Å². The third-order valence-corrected chi connectivity index (χ3v) is 8.85. The van der Waals surface area contributed by atoms with Gasteiger partial charge in [-0.15, -0.1) is 0 Å². The molecule has 0 spiro atoms. The second-order valence-electron chi connectivity index (χ2n) is 11.7. The Hall–Kier alpha value is -4.40. The molecule has 6 atom stereocenters. The largest absolute Gasteiger partial charge is 0.510 e. The zero-order chi connectivity index (χ0) is 34.0. The van der Waals surface area contributed by atoms with Crippen molar-refractivity contribution in [3.8, 4) is 5.75 Å². The third-order valence-electron chi connectivity index (χ3n) is 8.85. The number of aliphatic hydroxyl groups is 4. The summed E-state index contributed by atoms with van der Waals surface area (Å²) in [5, 5.41) is 83.2. The number of aliphatic hydroxyl groups excluding tert-OH is 2. The van der Waals surface area contributed by atoms with Crippen molar-refractivity contribution in [2.75, 3.05) is 27.3 Å². The van der Waals surface area contributed by atoms with E-state index >= 15 is 0 Å². The quantitative estimate of drug-likeness (QED) is 0.0686. The average Bonchev–Trinajstić information content (AvgIpc) is 2.97. The maximum absolute atomic E-state index is 13.9. The molecule has 0 unspecified atom stereocenters. The first-order valence-corrected chi connectivity index (χ1v) is 14.2. The number of unbranched alkanes of at least 4 members (excludes halogenated alkanes) is 1. The zero-order valence-corrected chi connectivity index (χ0v) is 25.0. The van der Waals surface area contributed by atoms with Gasteiger partial charge in [0.15, 0.2) is 11.4 Å². The van der Waals surface area contributed by atoms with E-state index in [9.17, 15) is 49.8 Å². The smallest absolute Gasteiger partial charge is 0.320 e. The number of nitrogens with two attached hydrogens (primary N) is 1. The summed E-state index contributed by atoms with van der Waals surface area (Å²) >= 11 is 0. The Morgan fingerprint density at radius 1 is 1.13 bits per heavy atom. The summed E-state index contributed by atoms with van der Waals surface area (Å²) in [6.07, 6.45) is 1.07. The van der Waals surface area contributed by atoms with Crippen LogP contribution in [0.5, 0.6) is 5.75 Å². The topological polar surface area (TPSA) is 291 Å². The Morgan fingerprint density at radius 3 is 2.36 bits per heavy atom. The molecule has 16 nitrogen and oxygen atoms in total. The number of likely N-dealkylation sites (N-methyl/N-ethyl adjacent to an activating group) is 1. The van der Waals surface area contributed by atoms with Crippen molar-refractivity contribution in [3.63, 3.8) is 0 Å². The normalized spacial score (nSPS) is 28.0. The Balaban J connectivity index is 0.00000271. The average molecular weight is 631 g/mol. The lowest BCUT2D eigenvalue weighted by Gasteiger charge is -2.52. The van der Waals surface area contributed by atoms with E-state index in [2.05, 4.69) is 10.6 Å². The number of phenols is 1. The van der Waals surface area contributed by atoms with E-state index in [-0.39, 0.29) is 24.0 Å². The van der Waals surface area contributed by atoms with Gasteiger partial charge in [0.25, 0.3) is 5.91 Å². The van der Waals surface area contributed by atoms with Gasteiger partial charge in [-0.3, -0.25) is 29.4 Å². The van der Waals surface area contributed by atoms with Crippen LogP contribution in [0.3, 0.4) is 0 Å². The first kappa shape index (κ1) is 35.1. The number of phenolic OH excluding ortho intramolecular Hbond substituents is 1. The van der Waals surface area contributed by atoms with E-state index in [1.54, 1.807) is 0 Å². The van der Waals surface area contributed by atoms with Crippen LogP contribution in [-0.2, 0) is 20.0 Å². The molecule has 0 aliphatic heterocycles. The number of carboxylic acids is 1. The van der Waals surface area contributed by atoms with E-state index in [1.165, 1.54) is 44.1 Å². The van der Waals surface area contributed by atoms with Gasteiger partial charge in [-0.05, 0) is 58.5 Å². The van der Waals surface area contributed by atoms with Crippen LogP contribution in [0.15, 0.2) is 40.9 Å². The van der Waals surface area contributed by atoms with Crippen LogP contribution in [-0.4, -0.2) is 104 Å². The number of ketones is 2. The van der Waals surface area contributed by atoms with Crippen LogP contribution in [0.25, 0.3) is 0 Å². The summed E-state index contributed by atoms with van der Waals surface area (Å²) in [4.78, 5) is 53.7. The van der Waals surface area contributed by atoms with E-state index < -0.39 is 93.6 Å². The third kappa shape index (κ3) is 5.76. The predicted molar refractivity (Wildman–Crippen MR) is 154 cm³/mol. The van der Waals surface area contributed by atoms with Crippen LogP contribution in [0, 0.1) is 22.6 Å². The molecule has 0 bridgehead atoms. The lowest BCUT2D eigenvalue weighted by Crippen LogP contribution is -2.65. The van der Waals surface area contributed by atoms with Crippen molar-refractivity contribution in [3.05, 3.63) is 52.0 Å². The molecule has 0 saturated heterocycles. The Bertz CT molecular complexity index is 1470. The number of hydrogen-bond acceptors (Lipinski definition) is 14. The summed E-state index contributed by atoms with van der Waals surface area (Å²) in [6.45, 7) is 1.36. The first-order chi connectivity index (χ1) is 21.1. The van der Waals surface area contributed by atoms with Crippen LogP contribution in [0.4, 0.5) is 0 Å². The molecule has 1 aromatic rings. The maximum Gasteiger partial charge on any atom is 0.320 e. The monoisotopic (exact) mass is 630 g/mol. The number of nitrogens with zero attached hydrogens (tertiary/aromatic N) is 3. The molecule has 1 aromatic carbocycles. The number of carboxylic acid groups (broad SMARTS) is 1. The molecular weight excluding hydrogens is 592 g/mol. The number of carbonyl (C=O) groups is 4. The van der Waals surface area contributed by atoms with Gasteiger partial charge in [-0.2, -0.15) is 0 Å². The summed E-state index contributed by atoms with van der Waals surface area (Å²) in [6, 6.07) is 1.87. The highest BCUT2D eigenvalue weighted by Gasteiger charge is 2.65. The lowest BCUT2D eigenvalue weighted by atomic mass is 9.55. The van der Waals surface area contributed by atoms with Crippen molar-refractivity contribution in [1.82, 2.24) is 15.5 Å². The standard InChI is InChI=1S/C29H38N4O10.N2/c1-28(42)13-7-6-9-17(34)18(13)22(35)19-14(28)11-15-21(33(2)3)23(36)20(25(38)29(15,43)24(19)37)26(39)32-12-31-16(27(40)41)8-4-5-10-30;1-2/h6-7,9,14-16,21,31,34,36-37,42-43H,4-5,8,10-12,30H2,1-3H3,(H,32,39)(H,40,41);/t14-,15+,16-,21-,28+,29-;/m0./s1. The van der Waals surface area contributed by atoms with Gasteiger partial charge in [0.2, 0.25) is 5.78 Å². The molecule has 0 radical (unpaired) electrons. The van der Waals surface area contributed by atoms with Crippen LogP contribution < -0.4 is 16.4 Å². The molecule has 0 saturated carbocycles. The Morgan fingerprint density at radius 2 is 1.78 bits per heavy atom. The summed E-state index contributed by atoms with van der Waals surface area (Å²) in [7, 11) is 3.03. The van der Waals surface area contributed by atoms with E-state index in [4.69, 9.17) is 16.5 Å². The highest BCUT2D eigenvalue weighted by molar-refractivity contribution is 6.25. The Kier molecular flexibility index (Phi) is 10.4. The number of fused-ring (bicyclic) bond motifs is 3. The minimum Gasteiger partial charge on any atom is -0.510 e. The van der Waals surface area contributed by atoms with Gasteiger partial charge in [0.05, 0.1) is 23.9 Å². The lowest BCUT2D eigenvalue weighted by molar-refractivity contribution is -0.152. The van der Waals surface area contributed by atoms with Gasteiger partial charge < -0.3 is 41.7 Å². The fourth-order valence-electron chi connectivity index (χ4n) is 6.64. The molecule has 244 valence electrons. The summed E-state index contributed by atoms with van der Waals surface area (Å²) in [5.74, 6) is -9.28. The van der Waals surface area contributed by atoms with Gasteiger partial charge >= 0.3 is 5.97 Å². The van der Waals surface area contributed by atoms with Gasteiger partial charge in [0, 0.05) is 28.2 Å². The zero-order valence-electron chi connectivity index (χ0n) is 25.0. The minimum atomic E-state index is -2.85. The number of nitrogens with one attached hydrogen (secondary N) is 2. The Labute approximate surface area is 258 Å². The predicted octanol–water partition coefficient (Wildman–Crippen LogP) is -0.424.